The Bertz CT molecular complexity index is 497. The molecule has 3 aliphatic rings. The number of nitrogens with zero attached hydrogens (tertiary/aromatic N) is 3. The van der Waals surface area contributed by atoms with Crippen LogP contribution in [0.25, 0.3) is 0 Å². The molecule has 0 unspecified atom stereocenters. The van der Waals surface area contributed by atoms with Crippen molar-refractivity contribution in [1.29, 1.82) is 0 Å². The van der Waals surface area contributed by atoms with Crippen LogP contribution in [0.2, 0.25) is 0 Å². The third kappa shape index (κ3) is 7.24. The highest BCUT2D eigenvalue weighted by molar-refractivity contribution is 5.80. The van der Waals surface area contributed by atoms with Crippen molar-refractivity contribution in [2.75, 3.05) is 65.6 Å². The fraction of sp³-hybridized carbons (Fsp3) is 0.905. The molecular weight excluding hydrogens is 354 g/mol. The summed E-state index contributed by atoms with van der Waals surface area (Å²) in [6, 6.07) is 0. The SMILES string of the molecule is CCNC(=NCCCOCC1CC1)NCCN1CCN(C(=O)C2CCC2)CC1. The minimum Gasteiger partial charge on any atom is -0.381 e. The Morgan fingerprint density at radius 2 is 1.89 bits per heavy atom. The molecule has 0 radical (unpaired) electrons. The molecule has 2 saturated carbocycles. The van der Waals surface area contributed by atoms with Crippen LogP contribution in [0.1, 0.15) is 45.4 Å². The van der Waals surface area contributed by atoms with E-state index in [0.29, 0.717) is 11.8 Å². The number of ether oxygens (including phenoxy) is 1. The molecule has 160 valence electrons. The first kappa shape index (κ1) is 21.4. The minimum absolute atomic E-state index is 0.325. The molecule has 1 heterocycles. The maximum absolute atomic E-state index is 12.3. The number of hydrogen-bond acceptors (Lipinski definition) is 4. The molecule has 0 aromatic carbocycles. The van der Waals surface area contributed by atoms with Crippen molar-refractivity contribution in [3.05, 3.63) is 0 Å². The van der Waals surface area contributed by atoms with Gasteiger partial charge in [-0.1, -0.05) is 6.42 Å². The van der Waals surface area contributed by atoms with Crippen LogP contribution >= 0.6 is 0 Å². The minimum atomic E-state index is 0.325. The van der Waals surface area contributed by atoms with Gasteiger partial charge in [0.05, 0.1) is 0 Å². The Kier molecular flexibility index (Phi) is 8.86. The van der Waals surface area contributed by atoms with Crippen LogP contribution in [0.4, 0.5) is 0 Å². The third-order valence-electron chi connectivity index (χ3n) is 5.97. The van der Waals surface area contributed by atoms with E-state index in [1.54, 1.807) is 0 Å². The van der Waals surface area contributed by atoms with Gasteiger partial charge >= 0.3 is 0 Å². The molecule has 2 N–H and O–H groups in total. The first-order chi connectivity index (χ1) is 13.8. The van der Waals surface area contributed by atoms with Gasteiger partial charge in [0.15, 0.2) is 5.96 Å². The zero-order valence-electron chi connectivity index (χ0n) is 17.6. The Hall–Kier alpha value is -1.34. The maximum Gasteiger partial charge on any atom is 0.225 e. The van der Waals surface area contributed by atoms with Gasteiger partial charge in [-0.25, -0.2) is 0 Å². The number of carbonyl (C=O) groups excluding carboxylic acids is 1. The van der Waals surface area contributed by atoms with Gasteiger partial charge in [-0.05, 0) is 44.9 Å². The molecule has 1 amide bonds. The third-order valence-corrected chi connectivity index (χ3v) is 5.97. The lowest BCUT2D eigenvalue weighted by Gasteiger charge is -2.38. The fourth-order valence-corrected chi connectivity index (χ4v) is 3.67. The molecule has 7 heteroatoms. The van der Waals surface area contributed by atoms with Crippen LogP contribution in [-0.2, 0) is 9.53 Å². The second-order valence-corrected chi connectivity index (χ2v) is 8.35. The zero-order chi connectivity index (χ0) is 19.6. The Morgan fingerprint density at radius 1 is 1.11 bits per heavy atom. The van der Waals surface area contributed by atoms with E-state index in [9.17, 15) is 4.79 Å². The second-order valence-electron chi connectivity index (χ2n) is 8.35. The Labute approximate surface area is 170 Å². The number of carbonyl (C=O) groups is 1. The lowest BCUT2D eigenvalue weighted by Crippen LogP contribution is -2.52. The molecule has 0 aromatic rings. The summed E-state index contributed by atoms with van der Waals surface area (Å²) >= 11 is 0. The highest BCUT2D eigenvalue weighted by atomic mass is 16.5. The van der Waals surface area contributed by atoms with E-state index in [1.165, 1.54) is 19.3 Å². The summed E-state index contributed by atoms with van der Waals surface area (Å²) in [6.07, 6.45) is 7.09. The summed E-state index contributed by atoms with van der Waals surface area (Å²) in [4.78, 5) is 21.5. The summed E-state index contributed by atoms with van der Waals surface area (Å²) in [5.74, 6) is 2.45. The summed E-state index contributed by atoms with van der Waals surface area (Å²) < 4.78 is 5.67. The molecular formula is C21H39N5O2. The van der Waals surface area contributed by atoms with Crippen LogP contribution < -0.4 is 10.6 Å². The quantitative estimate of drug-likeness (QED) is 0.315. The van der Waals surface area contributed by atoms with Gasteiger partial charge in [-0.15, -0.1) is 0 Å². The largest absolute Gasteiger partial charge is 0.381 e. The van der Waals surface area contributed by atoms with Crippen molar-refractivity contribution in [3.8, 4) is 0 Å². The molecule has 0 aromatic heterocycles. The first-order valence-electron chi connectivity index (χ1n) is 11.4. The smallest absolute Gasteiger partial charge is 0.225 e. The van der Waals surface area contributed by atoms with E-state index >= 15 is 0 Å². The first-order valence-corrected chi connectivity index (χ1v) is 11.4. The summed E-state index contributed by atoms with van der Waals surface area (Å²) in [5, 5.41) is 6.75. The number of rotatable bonds is 11. The molecule has 1 saturated heterocycles. The topological polar surface area (TPSA) is 69.2 Å². The predicted octanol–water partition coefficient (Wildman–Crippen LogP) is 1.30. The van der Waals surface area contributed by atoms with E-state index in [0.717, 1.165) is 96.7 Å². The Morgan fingerprint density at radius 3 is 2.54 bits per heavy atom. The van der Waals surface area contributed by atoms with Gasteiger partial charge in [0.2, 0.25) is 5.91 Å². The molecule has 0 spiro atoms. The van der Waals surface area contributed by atoms with E-state index in [4.69, 9.17) is 4.74 Å². The summed E-state index contributed by atoms with van der Waals surface area (Å²) in [5.41, 5.74) is 0. The number of guanidine groups is 1. The number of amides is 1. The van der Waals surface area contributed by atoms with Gasteiger partial charge in [-0.3, -0.25) is 14.7 Å². The Balaban J connectivity index is 1.25. The average Bonchev–Trinajstić information content (AvgIpc) is 3.48. The number of piperazine rings is 1. The zero-order valence-corrected chi connectivity index (χ0v) is 17.6. The standard InChI is InChI=1S/C21H39N5O2/c1-2-22-21(23-9-4-16-28-17-18-7-8-18)24-10-11-25-12-14-26(15-13-25)20(27)19-5-3-6-19/h18-19H,2-17H2,1H3,(H2,22,23,24). The molecule has 0 atom stereocenters. The fourth-order valence-electron chi connectivity index (χ4n) is 3.67. The van der Waals surface area contributed by atoms with E-state index in [2.05, 4.69) is 32.3 Å². The highest BCUT2D eigenvalue weighted by Gasteiger charge is 2.31. The van der Waals surface area contributed by atoms with Crippen molar-refractivity contribution >= 4 is 11.9 Å². The predicted molar refractivity (Wildman–Crippen MR) is 113 cm³/mol. The van der Waals surface area contributed by atoms with E-state index in [-0.39, 0.29) is 0 Å². The van der Waals surface area contributed by atoms with Crippen LogP contribution in [-0.4, -0.2) is 87.2 Å². The van der Waals surface area contributed by atoms with Crippen molar-refractivity contribution in [2.24, 2.45) is 16.8 Å². The van der Waals surface area contributed by atoms with Gasteiger partial charge in [0, 0.05) is 71.5 Å². The maximum atomic E-state index is 12.3. The van der Waals surface area contributed by atoms with Gasteiger partial charge < -0.3 is 20.3 Å². The van der Waals surface area contributed by atoms with Gasteiger partial charge in [0.1, 0.15) is 0 Å². The molecule has 3 rings (SSSR count). The number of hydrogen-bond donors (Lipinski definition) is 2. The summed E-state index contributed by atoms with van der Waals surface area (Å²) in [7, 11) is 0. The van der Waals surface area contributed by atoms with E-state index < -0.39 is 0 Å². The molecule has 2 aliphatic carbocycles. The molecule has 0 bridgehead atoms. The molecule has 1 aliphatic heterocycles. The normalized spacial score (nSPS) is 21.5. The lowest BCUT2D eigenvalue weighted by molar-refractivity contribution is -0.139. The average molecular weight is 394 g/mol. The van der Waals surface area contributed by atoms with Crippen LogP contribution in [0.15, 0.2) is 4.99 Å². The van der Waals surface area contributed by atoms with Crippen LogP contribution in [0, 0.1) is 11.8 Å². The molecule has 3 fully saturated rings. The lowest BCUT2D eigenvalue weighted by atomic mass is 9.84. The van der Waals surface area contributed by atoms with E-state index in [1.807, 2.05) is 0 Å². The van der Waals surface area contributed by atoms with Crippen molar-refractivity contribution in [2.45, 2.75) is 45.4 Å². The van der Waals surface area contributed by atoms with Gasteiger partial charge in [-0.2, -0.15) is 0 Å². The second kappa shape index (κ2) is 11.6. The monoisotopic (exact) mass is 393 g/mol. The highest BCUT2D eigenvalue weighted by Crippen LogP contribution is 2.29. The van der Waals surface area contributed by atoms with Crippen LogP contribution in [0.5, 0.6) is 0 Å². The van der Waals surface area contributed by atoms with Gasteiger partial charge in [0.25, 0.3) is 0 Å². The molecule has 7 nitrogen and oxygen atoms in total. The number of nitrogens with one attached hydrogen (secondary N) is 2. The van der Waals surface area contributed by atoms with Crippen molar-refractivity contribution < 1.29 is 9.53 Å². The molecule has 28 heavy (non-hydrogen) atoms. The van der Waals surface area contributed by atoms with Crippen molar-refractivity contribution in [1.82, 2.24) is 20.4 Å². The summed E-state index contributed by atoms with van der Waals surface area (Å²) in [6.45, 7) is 11.1. The number of aliphatic imine (C=N–C) groups is 1. The van der Waals surface area contributed by atoms with Crippen LogP contribution in [0.3, 0.4) is 0 Å². The van der Waals surface area contributed by atoms with Crippen molar-refractivity contribution in [3.63, 3.8) is 0 Å².